The smallest absolute Gasteiger partial charge is 0.334 e. The number of rotatable bonds is 8. The molecule has 0 bridgehead atoms. The van der Waals surface area contributed by atoms with Crippen LogP contribution in [0.4, 0.5) is 0 Å². The van der Waals surface area contributed by atoms with Crippen LogP contribution in [0.5, 0.6) is 0 Å². The molecular weight excluding hydrogens is 242 g/mol. The minimum Gasteiger partial charge on any atom is -0.395 e. The molecule has 18 heavy (non-hydrogen) atoms. The maximum Gasteiger partial charge on any atom is 0.334 e. The van der Waals surface area contributed by atoms with Crippen LogP contribution < -0.4 is 0 Å². The van der Waals surface area contributed by atoms with Crippen LogP contribution in [0.25, 0.3) is 0 Å². The number of nitrogens with zero attached hydrogens (tertiary/aromatic N) is 1. The highest BCUT2D eigenvalue weighted by Gasteiger charge is 2.30. The standard InChI is InChI=1S/C14H31NO2Si/c1-5-16-18(4,17-6-2)13-7-10-15-11-8-14(3)9-12-15/h14H,5-13H2,1-4H3. The zero-order valence-corrected chi connectivity index (χ0v) is 13.7. The van der Waals surface area contributed by atoms with Crippen molar-refractivity contribution in [3.8, 4) is 0 Å². The van der Waals surface area contributed by atoms with Crippen LogP contribution in [0.15, 0.2) is 0 Å². The number of hydrogen-bond donors (Lipinski definition) is 0. The van der Waals surface area contributed by atoms with Gasteiger partial charge in [-0.2, -0.15) is 0 Å². The summed E-state index contributed by atoms with van der Waals surface area (Å²) in [5, 5.41) is 0. The molecule has 108 valence electrons. The topological polar surface area (TPSA) is 21.7 Å². The Morgan fingerprint density at radius 1 is 1.11 bits per heavy atom. The maximum atomic E-state index is 5.87. The van der Waals surface area contributed by atoms with Crippen LogP contribution >= 0.6 is 0 Å². The molecular formula is C14H31NO2Si. The predicted molar refractivity (Wildman–Crippen MR) is 79.1 cm³/mol. The third kappa shape index (κ3) is 5.82. The van der Waals surface area contributed by atoms with Gasteiger partial charge in [-0.25, -0.2) is 0 Å². The normalized spacial score (nSPS) is 19.3. The minimum atomic E-state index is -1.87. The van der Waals surface area contributed by atoms with Crippen LogP contribution in [0, 0.1) is 5.92 Å². The molecule has 0 spiro atoms. The van der Waals surface area contributed by atoms with Gasteiger partial charge in [0.1, 0.15) is 0 Å². The molecule has 0 aliphatic carbocycles. The average Bonchev–Trinajstić information content (AvgIpc) is 2.32. The Morgan fingerprint density at radius 3 is 2.17 bits per heavy atom. The molecule has 1 rings (SSSR count). The van der Waals surface area contributed by atoms with E-state index >= 15 is 0 Å². The van der Waals surface area contributed by atoms with E-state index in [1.54, 1.807) is 0 Å². The first-order valence-electron chi connectivity index (χ1n) is 7.60. The molecule has 1 aliphatic rings. The highest BCUT2D eigenvalue weighted by Crippen LogP contribution is 2.19. The second-order valence-corrected chi connectivity index (χ2v) is 8.97. The fourth-order valence-corrected chi connectivity index (χ4v) is 5.10. The predicted octanol–water partition coefficient (Wildman–Crippen LogP) is 3.25. The van der Waals surface area contributed by atoms with E-state index in [0.29, 0.717) is 0 Å². The highest BCUT2D eigenvalue weighted by molar-refractivity contribution is 6.66. The van der Waals surface area contributed by atoms with Gasteiger partial charge >= 0.3 is 8.56 Å². The molecule has 0 unspecified atom stereocenters. The monoisotopic (exact) mass is 273 g/mol. The Kier molecular flexibility index (Phi) is 7.45. The van der Waals surface area contributed by atoms with E-state index in [0.717, 1.165) is 25.2 Å². The van der Waals surface area contributed by atoms with Gasteiger partial charge in [-0.05, 0) is 71.3 Å². The van der Waals surface area contributed by atoms with Gasteiger partial charge in [-0.1, -0.05) is 6.92 Å². The summed E-state index contributed by atoms with van der Waals surface area (Å²) in [6, 6.07) is 1.13. The van der Waals surface area contributed by atoms with Crippen LogP contribution in [0.3, 0.4) is 0 Å². The molecule has 0 aromatic rings. The summed E-state index contributed by atoms with van der Waals surface area (Å²) in [4.78, 5) is 2.60. The number of piperidine rings is 1. The summed E-state index contributed by atoms with van der Waals surface area (Å²) in [6.07, 6.45) is 3.95. The number of hydrogen-bond acceptors (Lipinski definition) is 3. The summed E-state index contributed by atoms with van der Waals surface area (Å²) in [5.41, 5.74) is 0. The van der Waals surface area contributed by atoms with Gasteiger partial charge in [0.15, 0.2) is 0 Å². The molecule has 3 nitrogen and oxygen atoms in total. The zero-order chi connectivity index (χ0) is 13.4. The minimum absolute atomic E-state index is 0.782. The van der Waals surface area contributed by atoms with Gasteiger partial charge in [-0.3, -0.25) is 0 Å². The molecule has 0 saturated carbocycles. The maximum absolute atomic E-state index is 5.87. The summed E-state index contributed by atoms with van der Waals surface area (Å²) in [6.45, 7) is 14.0. The molecule has 1 aliphatic heterocycles. The van der Waals surface area contributed by atoms with Crippen molar-refractivity contribution in [1.29, 1.82) is 0 Å². The molecule has 1 heterocycles. The molecule has 0 N–H and O–H groups in total. The third-order valence-corrected chi connectivity index (χ3v) is 6.94. The average molecular weight is 273 g/mol. The fourth-order valence-electron chi connectivity index (χ4n) is 2.71. The van der Waals surface area contributed by atoms with Crippen molar-refractivity contribution in [2.75, 3.05) is 32.8 Å². The molecule has 0 aromatic carbocycles. The fraction of sp³-hybridized carbons (Fsp3) is 1.00. The first-order valence-corrected chi connectivity index (χ1v) is 10.1. The van der Waals surface area contributed by atoms with Crippen molar-refractivity contribution < 1.29 is 8.85 Å². The van der Waals surface area contributed by atoms with Gasteiger partial charge in [0.2, 0.25) is 0 Å². The lowest BCUT2D eigenvalue weighted by Crippen LogP contribution is -2.40. The Morgan fingerprint density at radius 2 is 1.67 bits per heavy atom. The van der Waals surface area contributed by atoms with Crippen molar-refractivity contribution in [3.05, 3.63) is 0 Å². The zero-order valence-electron chi connectivity index (χ0n) is 12.7. The second kappa shape index (κ2) is 8.30. The van der Waals surface area contributed by atoms with Crippen molar-refractivity contribution >= 4 is 8.56 Å². The Balaban J connectivity index is 2.21. The van der Waals surface area contributed by atoms with E-state index in [1.165, 1.54) is 38.9 Å². The van der Waals surface area contributed by atoms with Crippen molar-refractivity contribution in [2.45, 2.75) is 52.6 Å². The molecule has 0 amide bonds. The van der Waals surface area contributed by atoms with Gasteiger partial charge in [0.05, 0.1) is 0 Å². The van der Waals surface area contributed by atoms with E-state index < -0.39 is 8.56 Å². The van der Waals surface area contributed by atoms with Gasteiger partial charge in [-0.15, -0.1) is 0 Å². The Labute approximate surface area is 114 Å². The van der Waals surface area contributed by atoms with Gasteiger partial charge in [0, 0.05) is 13.2 Å². The summed E-state index contributed by atoms with van der Waals surface area (Å²) in [5.74, 6) is 0.924. The summed E-state index contributed by atoms with van der Waals surface area (Å²) in [7, 11) is -1.87. The van der Waals surface area contributed by atoms with Crippen molar-refractivity contribution in [3.63, 3.8) is 0 Å². The highest BCUT2D eigenvalue weighted by atomic mass is 28.4. The summed E-state index contributed by atoms with van der Waals surface area (Å²) >= 11 is 0. The van der Waals surface area contributed by atoms with Gasteiger partial charge < -0.3 is 13.8 Å². The quantitative estimate of drug-likeness (QED) is 0.634. The van der Waals surface area contributed by atoms with E-state index in [4.69, 9.17) is 8.85 Å². The summed E-state index contributed by atoms with van der Waals surface area (Å²) < 4.78 is 11.7. The molecule has 0 atom stereocenters. The lowest BCUT2D eigenvalue weighted by atomic mass is 9.99. The van der Waals surface area contributed by atoms with E-state index in [1.807, 2.05) is 0 Å². The molecule has 4 heteroatoms. The molecule has 0 aromatic heterocycles. The molecule has 1 saturated heterocycles. The Hall–Kier alpha value is 0.0969. The van der Waals surface area contributed by atoms with Crippen LogP contribution in [0.1, 0.15) is 40.0 Å². The lowest BCUT2D eigenvalue weighted by Gasteiger charge is -2.31. The Bertz CT molecular complexity index is 212. The van der Waals surface area contributed by atoms with E-state index in [-0.39, 0.29) is 0 Å². The van der Waals surface area contributed by atoms with Gasteiger partial charge in [0.25, 0.3) is 0 Å². The van der Waals surface area contributed by atoms with Crippen LogP contribution in [0.2, 0.25) is 12.6 Å². The largest absolute Gasteiger partial charge is 0.395 e. The molecule has 0 radical (unpaired) electrons. The van der Waals surface area contributed by atoms with Crippen molar-refractivity contribution in [2.24, 2.45) is 5.92 Å². The van der Waals surface area contributed by atoms with Crippen molar-refractivity contribution in [1.82, 2.24) is 4.90 Å². The van der Waals surface area contributed by atoms with E-state index in [2.05, 4.69) is 32.2 Å². The first-order chi connectivity index (χ1) is 8.59. The second-order valence-electron chi connectivity index (χ2n) is 5.63. The van der Waals surface area contributed by atoms with Crippen LogP contribution in [-0.4, -0.2) is 46.3 Å². The van der Waals surface area contributed by atoms with E-state index in [9.17, 15) is 0 Å². The lowest BCUT2D eigenvalue weighted by molar-refractivity contribution is 0.175. The third-order valence-electron chi connectivity index (χ3n) is 3.88. The number of likely N-dealkylation sites (tertiary alicyclic amines) is 1. The SMILES string of the molecule is CCO[Si](C)(CCCN1CCC(C)CC1)OCC. The molecule has 1 fully saturated rings. The van der Waals surface area contributed by atoms with Crippen LogP contribution in [-0.2, 0) is 8.85 Å². The first kappa shape index (κ1) is 16.2.